The Balaban J connectivity index is 3.87. The Morgan fingerprint density at radius 3 is 2.47 bits per heavy atom. The summed E-state index contributed by atoms with van der Waals surface area (Å²) < 4.78 is 0. The lowest BCUT2D eigenvalue weighted by atomic mass is 10.2. The van der Waals surface area contributed by atoms with Gasteiger partial charge in [0.25, 0.3) is 0 Å². The molecule has 0 aliphatic rings. The summed E-state index contributed by atoms with van der Waals surface area (Å²) in [5.41, 5.74) is 0. The molecule has 0 aromatic carbocycles. The van der Waals surface area contributed by atoms with Gasteiger partial charge in [-0.3, -0.25) is 15.0 Å². The van der Waals surface area contributed by atoms with Crippen molar-refractivity contribution in [1.29, 1.82) is 0 Å². The molecule has 100 valence electrons. The predicted molar refractivity (Wildman–Crippen MR) is 65.6 cm³/mol. The standard InChI is InChI=1S/C11H23N3O3/c1-4-14(5-6-15)8-10(16)13-11(17)12-7-9(2)3/h9,15H,4-8H2,1-3H3,(H2,12,13,16,17). The minimum atomic E-state index is -0.469. The highest BCUT2D eigenvalue weighted by Crippen LogP contribution is 1.88. The fraction of sp³-hybridized carbons (Fsp3) is 0.818. The van der Waals surface area contributed by atoms with Gasteiger partial charge in [0.2, 0.25) is 5.91 Å². The van der Waals surface area contributed by atoms with Crippen molar-refractivity contribution in [3.05, 3.63) is 0 Å². The van der Waals surface area contributed by atoms with E-state index in [1.165, 1.54) is 0 Å². The maximum absolute atomic E-state index is 11.4. The second-order valence-corrected chi connectivity index (χ2v) is 4.24. The number of imide groups is 1. The van der Waals surface area contributed by atoms with E-state index in [2.05, 4.69) is 10.6 Å². The van der Waals surface area contributed by atoms with Crippen LogP contribution in [-0.4, -0.2) is 54.7 Å². The molecule has 0 bridgehead atoms. The molecule has 0 heterocycles. The van der Waals surface area contributed by atoms with Crippen molar-refractivity contribution in [3.8, 4) is 0 Å². The van der Waals surface area contributed by atoms with Gasteiger partial charge in [-0.25, -0.2) is 4.79 Å². The van der Waals surface area contributed by atoms with Gasteiger partial charge in [0.05, 0.1) is 13.2 Å². The van der Waals surface area contributed by atoms with Gasteiger partial charge < -0.3 is 10.4 Å². The molecular weight excluding hydrogens is 222 g/mol. The van der Waals surface area contributed by atoms with Crippen molar-refractivity contribution in [1.82, 2.24) is 15.5 Å². The zero-order chi connectivity index (χ0) is 13.3. The van der Waals surface area contributed by atoms with E-state index in [4.69, 9.17) is 5.11 Å². The van der Waals surface area contributed by atoms with E-state index in [0.717, 1.165) is 0 Å². The molecule has 6 nitrogen and oxygen atoms in total. The maximum Gasteiger partial charge on any atom is 0.321 e. The fourth-order valence-corrected chi connectivity index (χ4v) is 1.20. The topological polar surface area (TPSA) is 81.7 Å². The van der Waals surface area contributed by atoms with Gasteiger partial charge in [0, 0.05) is 13.1 Å². The summed E-state index contributed by atoms with van der Waals surface area (Å²) in [6.45, 7) is 7.57. The largest absolute Gasteiger partial charge is 0.395 e. The van der Waals surface area contributed by atoms with Crippen LogP contribution in [0, 0.1) is 5.92 Å². The van der Waals surface area contributed by atoms with Crippen LogP contribution in [0.4, 0.5) is 4.79 Å². The Bertz CT molecular complexity index is 244. The molecule has 0 atom stereocenters. The molecule has 0 radical (unpaired) electrons. The third-order valence-corrected chi connectivity index (χ3v) is 2.15. The van der Waals surface area contributed by atoms with E-state index in [1.807, 2.05) is 20.8 Å². The van der Waals surface area contributed by atoms with Crippen LogP contribution in [0.1, 0.15) is 20.8 Å². The van der Waals surface area contributed by atoms with Gasteiger partial charge in [-0.15, -0.1) is 0 Å². The van der Waals surface area contributed by atoms with Crippen LogP contribution in [-0.2, 0) is 4.79 Å². The second kappa shape index (κ2) is 8.95. The summed E-state index contributed by atoms with van der Waals surface area (Å²) in [5, 5.41) is 13.6. The molecular formula is C11H23N3O3. The number of nitrogens with one attached hydrogen (secondary N) is 2. The van der Waals surface area contributed by atoms with Gasteiger partial charge in [-0.05, 0) is 12.5 Å². The third kappa shape index (κ3) is 8.65. The number of amides is 3. The summed E-state index contributed by atoms with van der Waals surface area (Å²) in [7, 11) is 0. The number of carbonyl (C=O) groups excluding carboxylic acids is 2. The van der Waals surface area contributed by atoms with E-state index in [1.54, 1.807) is 4.90 Å². The molecule has 0 saturated heterocycles. The zero-order valence-electron chi connectivity index (χ0n) is 10.8. The first-order valence-corrected chi connectivity index (χ1v) is 5.90. The highest BCUT2D eigenvalue weighted by molar-refractivity contribution is 5.95. The predicted octanol–water partition coefficient (Wildman–Crippen LogP) is -0.218. The Labute approximate surface area is 102 Å². The average molecular weight is 245 g/mol. The Morgan fingerprint density at radius 1 is 1.35 bits per heavy atom. The van der Waals surface area contributed by atoms with Gasteiger partial charge in [0.15, 0.2) is 0 Å². The summed E-state index contributed by atoms with van der Waals surface area (Å²) in [6, 6.07) is -0.469. The summed E-state index contributed by atoms with van der Waals surface area (Å²) in [6.07, 6.45) is 0. The van der Waals surface area contributed by atoms with Crippen molar-refractivity contribution in [3.63, 3.8) is 0 Å². The summed E-state index contributed by atoms with van der Waals surface area (Å²) in [4.78, 5) is 24.5. The number of likely N-dealkylation sites (N-methyl/N-ethyl adjacent to an activating group) is 1. The first-order chi connectivity index (χ1) is 7.99. The van der Waals surface area contributed by atoms with E-state index in [9.17, 15) is 9.59 Å². The number of rotatable bonds is 7. The van der Waals surface area contributed by atoms with Crippen molar-refractivity contribution in [2.24, 2.45) is 5.92 Å². The van der Waals surface area contributed by atoms with Crippen molar-refractivity contribution in [2.75, 3.05) is 32.8 Å². The van der Waals surface area contributed by atoms with Gasteiger partial charge in [-0.2, -0.15) is 0 Å². The van der Waals surface area contributed by atoms with Crippen LogP contribution >= 0.6 is 0 Å². The number of carbonyl (C=O) groups is 2. The monoisotopic (exact) mass is 245 g/mol. The SMILES string of the molecule is CCN(CCO)CC(=O)NC(=O)NCC(C)C. The molecule has 0 unspecified atom stereocenters. The number of nitrogens with zero attached hydrogens (tertiary/aromatic N) is 1. The quantitative estimate of drug-likeness (QED) is 0.579. The molecule has 0 spiro atoms. The molecule has 6 heteroatoms. The number of urea groups is 1. The molecule has 0 fully saturated rings. The van der Waals surface area contributed by atoms with Gasteiger partial charge in [0.1, 0.15) is 0 Å². The van der Waals surface area contributed by atoms with Crippen LogP contribution in [0.3, 0.4) is 0 Å². The van der Waals surface area contributed by atoms with E-state index >= 15 is 0 Å². The van der Waals surface area contributed by atoms with Crippen LogP contribution in [0.2, 0.25) is 0 Å². The fourth-order valence-electron chi connectivity index (χ4n) is 1.20. The molecule has 0 aromatic heterocycles. The Kier molecular flexibility index (Phi) is 8.35. The van der Waals surface area contributed by atoms with E-state index in [-0.39, 0.29) is 19.1 Å². The lowest BCUT2D eigenvalue weighted by molar-refractivity contribution is -0.121. The normalized spacial score (nSPS) is 10.7. The highest BCUT2D eigenvalue weighted by atomic mass is 16.3. The number of aliphatic hydroxyl groups excluding tert-OH is 1. The molecule has 17 heavy (non-hydrogen) atoms. The third-order valence-electron chi connectivity index (χ3n) is 2.15. The second-order valence-electron chi connectivity index (χ2n) is 4.24. The van der Waals surface area contributed by atoms with Gasteiger partial charge in [-0.1, -0.05) is 20.8 Å². The Hall–Kier alpha value is -1.14. The minimum absolute atomic E-state index is 0.000661. The molecule has 0 aliphatic carbocycles. The molecule has 0 rings (SSSR count). The number of hydrogen-bond donors (Lipinski definition) is 3. The minimum Gasteiger partial charge on any atom is -0.395 e. The maximum atomic E-state index is 11.4. The summed E-state index contributed by atoms with van der Waals surface area (Å²) >= 11 is 0. The van der Waals surface area contributed by atoms with Crippen LogP contribution in [0.25, 0.3) is 0 Å². The van der Waals surface area contributed by atoms with Crippen LogP contribution < -0.4 is 10.6 Å². The molecule has 0 saturated carbocycles. The van der Waals surface area contributed by atoms with E-state index < -0.39 is 6.03 Å². The van der Waals surface area contributed by atoms with Crippen molar-refractivity contribution >= 4 is 11.9 Å². The van der Waals surface area contributed by atoms with Crippen molar-refractivity contribution in [2.45, 2.75) is 20.8 Å². The first-order valence-electron chi connectivity index (χ1n) is 5.90. The highest BCUT2D eigenvalue weighted by Gasteiger charge is 2.11. The molecule has 0 aliphatic heterocycles. The Morgan fingerprint density at radius 2 is 2.00 bits per heavy atom. The molecule has 3 N–H and O–H groups in total. The molecule has 0 aromatic rings. The average Bonchev–Trinajstić information content (AvgIpc) is 2.25. The van der Waals surface area contributed by atoms with E-state index in [0.29, 0.717) is 25.6 Å². The first kappa shape index (κ1) is 15.9. The van der Waals surface area contributed by atoms with Crippen LogP contribution in [0.15, 0.2) is 0 Å². The summed E-state index contributed by atoms with van der Waals surface area (Å²) in [5.74, 6) is -0.0149. The van der Waals surface area contributed by atoms with Gasteiger partial charge >= 0.3 is 6.03 Å². The number of hydrogen-bond acceptors (Lipinski definition) is 4. The lowest BCUT2D eigenvalue weighted by Gasteiger charge is -2.18. The smallest absolute Gasteiger partial charge is 0.321 e. The van der Waals surface area contributed by atoms with Crippen molar-refractivity contribution < 1.29 is 14.7 Å². The van der Waals surface area contributed by atoms with Crippen LogP contribution in [0.5, 0.6) is 0 Å². The molecule has 3 amide bonds. The lowest BCUT2D eigenvalue weighted by Crippen LogP contribution is -2.45. The zero-order valence-corrected chi connectivity index (χ0v) is 10.8. The number of aliphatic hydroxyl groups is 1.